The van der Waals surface area contributed by atoms with Crippen LogP contribution in [0, 0.1) is 6.92 Å². The first kappa shape index (κ1) is 43.1. The molecule has 2 heterocycles. The first-order valence-electron chi connectivity index (χ1n) is 20.0. The lowest BCUT2D eigenvalue weighted by Gasteiger charge is -2.51. The van der Waals surface area contributed by atoms with E-state index in [0.717, 1.165) is 40.9 Å². The Morgan fingerprint density at radius 2 is 1.46 bits per heavy atom. The maximum absolute atomic E-state index is 15.4. The van der Waals surface area contributed by atoms with Crippen LogP contribution < -0.4 is 9.47 Å². The molecule has 1 saturated heterocycles. The fraction of sp³-hybridized carbons (Fsp3) is 0.614. The summed E-state index contributed by atoms with van der Waals surface area (Å²) in [7, 11) is -0.251. The monoisotopic (exact) mass is 791 g/mol. The van der Waals surface area contributed by atoms with E-state index in [4.69, 9.17) is 23.4 Å². The maximum Gasteiger partial charge on any atom is 0.411 e. The fourth-order valence-electron chi connectivity index (χ4n) is 7.09. The van der Waals surface area contributed by atoms with Gasteiger partial charge in [0.25, 0.3) is 5.91 Å². The third kappa shape index (κ3) is 10.3. The van der Waals surface area contributed by atoms with Crippen LogP contribution in [0.25, 0.3) is 5.57 Å². The van der Waals surface area contributed by atoms with Gasteiger partial charge in [-0.2, -0.15) is 0 Å². The Labute approximate surface area is 335 Å². The van der Waals surface area contributed by atoms with Crippen LogP contribution in [-0.4, -0.2) is 104 Å². The van der Waals surface area contributed by atoms with E-state index in [0.29, 0.717) is 37.5 Å². The molecule has 5 rings (SSSR count). The van der Waals surface area contributed by atoms with Crippen LogP contribution in [0.4, 0.5) is 9.59 Å². The van der Waals surface area contributed by atoms with Gasteiger partial charge in [0.2, 0.25) is 0 Å². The van der Waals surface area contributed by atoms with E-state index >= 15 is 4.79 Å². The van der Waals surface area contributed by atoms with Gasteiger partial charge in [-0.05, 0) is 126 Å². The molecule has 2 aliphatic heterocycles. The van der Waals surface area contributed by atoms with Crippen LogP contribution in [0.2, 0.25) is 18.1 Å². The second-order valence-corrected chi connectivity index (χ2v) is 23.7. The Morgan fingerprint density at radius 3 is 2.04 bits per heavy atom. The molecule has 12 heteroatoms. The predicted octanol–water partition coefficient (Wildman–Crippen LogP) is 8.98. The number of hydrogen-bond donors (Lipinski definition) is 0. The lowest BCUT2D eigenvalue weighted by Crippen LogP contribution is -2.66. The number of fused-ring (bicyclic) bond motifs is 2. The molecule has 2 atom stereocenters. The van der Waals surface area contributed by atoms with E-state index < -0.39 is 43.8 Å². The zero-order valence-corrected chi connectivity index (χ0v) is 37.0. The zero-order chi connectivity index (χ0) is 41.4. The van der Waals surface area contributed by atoms with Crippen molar-refractivity contribution in [2.45, 2.75) is 143 Å². The normalized spacial score (nSPS) is 19.1. The fourth-order valence-corrected chi connectivity index (χ4v) is 8.11. The number of ether oxygens (including phenoxy) is 4. The van der Waals surface area contributed by atoms with Gasteiger partial charge in [-0.15, -0.1) is 0 Å². The molecule has 1 aliphatic carbocycles. The maximum atomic E-state index is 15.4. The third-order valence-electron chi connectivity index (χ3n) is 11.2. The van der Waals surface area contributed by atoms with E-state index in [-0.39, 0.29) is 30.1 Å². The SMILES string of the molecule is COc1cccc(CN(C(=O)C2=C(c3ccc(OCCO[Si](C)(C)C(C)(C)C)cc3)CC3CN(C(=O)OC(C)(C)C)CC2N3C(=O)OC(C)(C)C)C2CC2)c1C. The second kappa shape index (κ2) is 16.4. The molecule has 1 saturated carbocycles. The van der Waals surface area contributed by atoms with Crippen LogP contribution in [0.1, 0.15) is 98.3 Å². The molecule has 56 heavy (non-hydrogen) atoms. The van der Waals surface area contributed by atoms with E-state index in [2.05, 4.69) is 33.9 Å². The molecule has 2 aromatic carbocycles. The summed E-state index contributed by atoms with van der Waals surface area (Å²) >= 11 is 0. The predicted molar refractivity (Wildman–Crippen MR) is 221 cm³/mol. The molecule has 3 aliphatic rings. The zero-order valence-electron chi connectivity index (χ0n) is 36.0. The van der Waals surface area contributed by atoms with Gasteiger partial charge in [0.05, 0.1) is 25.8 Å². The van der Waals surface area contributed by atoms with Crippen LogP contribution >= 0.6 is 0 Å². The van der Waals surface area contributed by atoms with Gasteiger partial charge in [0.15, 0.2) is 8.32 Å². The summed E-state index contributed by atoms with van der Waals surface area (Å²) in [5, 5.41) is 0.112. The molecule has 0 N–H and O–H groups in total. The van der Waals surface area contributed by atoms with E-state index in [1.807, 2.05) is 95.8 Å². The summed E-state index contributed by atoms with van der Waals surface area (Å²) in [6, 6.07) is 12.5. The number of hydrogen-bond acceptors (Lipinski definition) is 8. The van der Waals surface area contributed by atoms with Crippen molar-refractivity contribution in [3.8, 4) is 11.5 Å². The van der Waals surface area contributed by atoms with Gasteiger partial charge in [-0.3, -0.25) is 9.69 Å². The molecule has 2 unspecified atom stereocenters. The number of methoxy groups -OCH3 is 1. The standard InChI is InChI=1S/C44H65N3O8Si/c1-29-31(15-14-16-37(29)51-11)26-46(32-19-20-32)39(48)38-35(30-17-21-34(22-18-30)52-23-24-53-56(12,13)44(8,9)10)25-33-27-45(40(49)54-42(2,3)4)28-36(38)47(33)41(50)55-43(5,6)7/h14-18,21-22,32-33,36H,19-20,23-28H2,1-13H3. The Balaban J connectivity index is 1.55. The lowest BCUT2D eigenvalue weighted by atomic mass is 9.81. The molecular weight excluding hydrogens is 727 g/mol. The van der Waals surface area contributed by atoms with Crippen molar-refractivity contribution < 1.29 is 37.8 Å². The van der Waals surface area contributed by atoms with Crippen molar-refractivity contribution in [3.05, 3.63) is 64.7 Å². The lowest BCUT2D eigenvalue weighted by molar-refractivity contribution is -0.129. The van der Waals surface area contributed by atoms with Gasteiger partial charge in [-0.25, -0.2) is 9.59 Å². The number of benzene rings is 2. The van der Waals surface area contributed by atoms with Crippen molar-refractivity contribution in [1.29, 1.82) is 0 Å². The first-order chi connectivity index (χ1) is 26.0. The van der Waals surface area contributed by atoms with Crippen molar-refractivity contribution >= 4 is 32.0 Å². The average molecular weight is 792 g/mol. The third-order valence-corrected chi connectivity index (χ3v) is 15.7. The first-order valence-corrected chi connectivity index (χ1v) is 22.9. The number of piperazine rings is 1. The molecule has 2 bridgehead atoms. The van der Waals surface area contributed by atoms with Crippen LogP contribution in [0.3, 0.4) is 0 Å². The minimum absolute atomic E-state index is 0.0458. The van der Waals surface area contributed by atoms with Crippen LogP contribution in [-0.2, 0) is 25.2 Å². The van der Waals surface area contributed by atoms with E-state index in [9.17, 15) is 9.59 Å². The van der Waals surface area contributed by atoms with Crippen molar-refractivity contribution in [2.75, 3.05) is 33.4 Å². The average Bonchev–Trinajstić information content (AvgIpc) is 3.92. The van der Waals surface area contributed by atoms with Gasteiger partial charge in [0.1, 0.15) is 29.3 Å². The van der Waals surface area contributed by atoms with Crippen LogP contribution in [0.15, 0.2) is 48.0 Å². The molecule has 2 fully saturated rings. The Bertz CT molecular complexity index is 1780. The summed E-state index contributed by atoms with van der Waals surface area (Å²) < 4.78 is 29.9. The van der Waals surface area contributed by atoms with Gasteiger partial charge < -0.3 is 33.2 Å². The minimum atomic E-state index is -1.90. The minimum Gasteiger partial charge on any atom is -0.496 e. The second-order valence-electron chi connectivity index (χ2n) is 18.9. The van der Waals surface area contributed by atoms with Gasteiger partial charge >= 0.3 is 12.2 Å². The largest absolute Gasteiger partial charge is 0.496 e. The Kier molecular flexibility index (Phi) is 12.7. The summed E-state index contributed by atoms with van der Waals surface area (Å²) in [4.78, 5) is 48.4. The molecule has 2 aromatic rings. The van der Waals surface area contributed by atoms with E-state index in [1.165, 1.54) is 0 Å². The number of rotatable bonds is 11. The highest BCUT2D eigenvalue weighted by Gasteiger charge is 2.51. The quantitative estimate of drug-likeness (QED) is 0.164. The summed E-state index contributed by atoms with van der Waals surface area (Å²) in [6.07, 6.45) is 1.13. The summed E-state index contributed by atoms with van der Waals surface area (Å²) in [5.41, 5.74) is 2.70. The smallest absolute Gasteiger partial charge is 0.411 e. The molecule has 0 aromatic heterocycles. The Morgan fingerprint density at radius 1 is 0.839 bits per heavy atom. The van der Waals surface area contributed by atoms with Crippen molar-refractivity contribution in [2.24, 2.45) is 0 Å². The number of carbonyl (C=O) groups excluding carboxylic acids is 3. The Hall–Kier alpha value is -4.03. The van der Waals surface area contributed by atoms with Gasteiger partial charge in [-0.1, -0.05) is 45.0 Å². The molecule has 308 valence electrons. The molecular formula is C44H65N3O8Si. The molecule has 11 nitrogen and oxygen atoms in total. The highest BCUT2D eigenvalue weighted by atomic mass is 28.4. The van der Waals surface area contributed by atoms with Crippen LogP contribution in [0.5, 0.6) is 11.5 Å². The highest BCUT2D eigenvalue weighted by molar-refractivity contribution is 6.74. The molecule has 0 radical (unpaired) electrons. The van der Waals surface area contributed by atoms with Crippen molar-refractivity contribution in [3.63, 3.8) is 0 Å². The van der Waals surface area contributed by atoms with Gasteiger partial charge in [0, 0.05) is 31.2 Å². The van der Waals surface area contributed by atoms with E-state index in [1.54, 1.807) is 16.9 Å². The molecule has 0 spiro atoms. The molecule has 3 amide bonds. The summed E-state index contributed by atoms with van der Waals surface area (Å²) in [5.74, 6) is 1.31. The van der Waals surface area contributed by atoms with Crippen molar-refractivity contribution in [1.82, 2.24) is 14.7 Å². The highest BCUT2D eigenvalue weighted by Crippen LogP contribution is 2.43. The number of amides is 3. The number of nitrogens with zero attached hydrogens (tertiary/aromatic N) is 3. The number of carbonyl (C=O) groups is 3. The summed E-state index contributed by atoms with van der Waals surface area (Å²) in [6.45, 7) is 25.7. The topological polar surface area (TPSA) is 107 Å².